The quantitative estimate of drug-likeness (QED) is 0.209. The lowest BCUT2D eigenvalue weighted by molar-refractivity contribution is -0.143. The lowest BCUT2D eigenvalue weighted by Crippen LogP contribution is -2.19. The predicted octanol–water partition coefficient (Wildman–Crippen LogP) is 7.02. The maximum absolute atomic E-state index is 15.5. The third kappa shape index (κ3) is 6.39. The highest BCUT2D eigenvalue weighted by Gasteiger charge is 2.31. The van der Waals surface area contributed by atoms with E-state index in [2.05, 4.69) is 33.4 Å². The number of halogens is 2. The monoisotopic (exact) mass is 489 g/mol. The molecule has 1 aliphatic rings. The van der Waals surface area contributed by atoms with Crippen LogP contribution < -0.4 is 10.5 Å². The van der Waals surface area contributed by atoms with Crippen LogP contribution in [0, 0.1) is 26.6 Å². The molecular weight excluding hydrogens is 453 g/mol. The number of carbonyl (C=O) groups is 1. The molecule has 0 saturated heterocycles. The van der Waals surface area contributed by atoms with Crippen LogP contribution in [0.3, 0.4) is 0 Å². The second-order valence-corrected chi connectivity index (χ2v) is 8.98. The molecule has 2 aromatic carbocycles. The first-order chi connectivity index (χ1) is 15.8. The number of hydrogen-bond acceptors (Lipinski definition) is 4. The zero-order valence-electron chi connectivity index (χ0n) is 20.7. The Morgan fingerprint density at radius 1 is 1.24 bits per heavy atom. The molecule has 1 fully saturated rings. The van der Waals surface area contributed by atoms with Crippen molar-refractivity contribution >= 4 is 18.4 Å². The maximum Gasteiger partial charge on any atom is 0.307 e. The highest BCUT2D eigenvalue weighted by atomic mass is 35.5. The molecular formula is C28H37ClFNO3. The van der Waals surface area contributed by atoms with Gasteiger partial charge in [0.2, 0.25) is 0 Å². The van der Waals surface area contributed by atoms with Gasteiger partial charge in [0, 0.05) is 17.2 Å². The highest BCUT2D eigenvalue weighted by molar-refractivity contribution is 5.85. The van der Waals surface area contributed by atoms with Crippen LogP contribution in [0.2, 0.25) is 0 Å². The van der Waals surface area contributed by atoms with Crippen LogP contribution >= 0.6 is 12.4 Å². The number of aryl methyl sites for hydroxylation is 2. The molecule has 0 unspecified atom stereocenters. The Bertz CT molecular complexity index is 1030. The van der Waals surface area contributed by atoms with Gasteiger partial charge in [-0.05, 0) is 99.2 Å². The number of benzene rings is 2. The van der Waals surface area contributed by atoms with Gasteiger partial charge in [0.1, 0.15) is 11.6 Å². The van der Waals surface area contributed by atoms with Crippen LogP contribution in [0.15, 0.2) is 30.9 Å². The number of ether oxygens (including phenoxy) is 2. The summed E-state index contributed by atoms with van der Waals surface area (Å²) >= 11 is 0. The van der Waals surface area contributed by atoms with Gasteiger partial charge in [0.05, 0.1) is 19.6 Å². The minimum absolute atomic E-state index is 0. The molecule has 34 heavy (non-hydrogen) atoms. The van der Waals surface area contributed by atoms with Gasteiger partial charge < -0.3 is 15.2 Å². The summed E-state index contributed by atoms with van der Waals surface area (Å²) in [5.74, 6) is 0.307. The third-order valence-electron chi connectivity index (χ3n) is 6.31. The van der Waals surface area contributed by atoms with Crippen molar-refractivity contribution in [3.8, 4) is 16.9 Å². The summed E-state index contributed by atoms with van der Waals surface area (Å²) in [7, 11) is 0. The van der Waals surface area contributed by atoms with Crippen molar-refractivity contribution in [1.29, 1.82) is 0 Å². The summed E-state index contributed by atoms with van der Waals surface area (Å²) in [5.41, 5.74) is 12.5. The smallest absolute Gasteiger partial charge is 0.307 e. The number of unbranched alkanes of at least 4 members (excludes halogenated alkanes) is 1. The first-order valence-corrected chi connectivity index (χ1v) is 11.9. The van der Waals surface area contributed by atoms with Crippen LogP contribution in [0.25, 0.3) is 11.1 Å². The van der Waals surface area contributed by atoms with Crippen LogP contribution in [0.1, 0.15) is 78.8 Å². The summed E-state index contributed by atoms with van der Waals surface area (Å²) in [5, 5.41) is 0. The molecule has 3 rings (SSSR count). The third-order valence-corrected chi connectivity index (χ3v) is 6.31. The van der Waals surface area contributed by atoms with Crippen molar-refractivity contribution in [3.63, 3.8) is 0 Å². The standard InChI is InChI=1S/C28H36FNO3.ClH/c1-6-8-9-12-33-28-19(5)17(3)13-18(4)26(28)21-14-22(20-10-11-20)27(29)23(15-21)24(30)16-25(31)32-7-2;/h6,13-15,20,24H,1,7-12,16,30H2,2-5H3;1H/t24-;/m0./s1. The van der Waals surface area contributed by atoms with Gasteiger partial charge in [-0.2, -0.15) is 0 Å². The SMILES string of the molecule is C=CCCCOc1c(C)c(C)cc(C)c1-c1cc(C2CC2)c(F)c([C@@H](N)CC(=O)OCC)c1.Cl. The van der Waals surface area contributed by atoms with E-state index in [1.807, 2.05) is 12.1 Å². The van der Waals surface area contributed by atoms with Crippen molar-refractivity contribution in [3.05, 3.63) is 64.5 Å². The number of rotatable bonds is 11. The zero-order chi connectivity index (χ0) is 24.1. The second-order valence-electron chi connectivity index (χ2n) is 8.98. The van der Waals surface area contributed by atoms with Crippen LogP contribution in [-0.2, 0) is 9.53 Å². The predicted molar refractivity (Wildman–Crippen MR) is 138 cm³/mol. The summed E-state index contributed by atoms with van der Waals surface area (Å²) in [6.45, 7) is 12.6. The first kappa shape index (κ1) is 27.9. The lowest BCUT2D eigenvalue weighted by Gasteiger charge is -2.22. The molecule has 2 aromatic rings. The molecule has 0 heterocycles. The minimum Gasteiger partial charge on any atom is -0.493 e. The first-order valence-electron chi connectivity index (χ1n) is 11.9. The van der Waals surface area contributed by atoms with E-state index in [9.17, 15) is 4.79 Å². The van der Waals surface area contributed by atoms with Gasteiger partial charge in [0.25, 0.3) is 0 Å². The van der Waals surface area contributed by atoms with E-state index in [0.717, 1.165) is 59.3 Å². The zero-order valence-corrected chi connectivity index (χ0v) is 21.5. The highest BCUT2D eigenvalue weighted by Crippen LogP contribution is 2.46. The van der Waals surface area contributed by atoms with Gasteiger partial charge in [-0.15, -0.1) is 19.0 Å². The molecule has 0 bridgehead atoms. The van der Waals surface area contributed by atoms with E-state index < -0.39 is 12.0 Å². The average Bonchev–Trinajstić information content (AvgIpc) is 3.60. The Balaban J connectivity index is 0.00000408. The van der Waals surface area contributed by atoms with Gasteiger partial charge in [-0.3, -0.25) is 4.79 Å². The molecule has 0 amide bonds. The Morgan fingerprint density at radius 3 is 2.56 bits per heavy atom. The number of esters is 1. The molecule has 6 heteroatoms. The summed E-state index contributed by atoms with van der Waals surface area (Å²) < 4.78 is 26.8. The van der Waals surface area contributed by atoms with Crippen LogP contribution in [0.5, 0.6) is 5.75 Å². The van der Waals surface area contributed by atoms with E-state index in [4.69, 9.17) is 15.2 Å². The van der Waals surface area contributed by atoms with Gasteiger partial charge in [-0.25, -0.2) is 4.39 Å². The Morgan fingerprint density at radius 2 is 1.94 bits per heavy atom. The number of nitrogens with two attached hydrogens (primary N) is 1. The van der Waals surface area contributed by atoms with Crippen molar-refractivity contribution in [2.45, 2.75) is 71.8 Å². The number of carbonyl (C=O) groups excluding carboxylic acids is 1. The molecule has 4 nitrogen and oxygen atoms in total. The molecule has 0 spiro atoms. The Hall–Kier alpha value is -2.37. The maximum atomic E-state index is 15.5. The largest absolute Gasteiger partial charge is 0.493 e. The fourth-order valence-electron chi connectivity index (χ4n) is 4.28. The molecule has 2 N–H and O–H groups in total. The van der Waals surface area contributed by atoms with E-state index in [-0.39, 0.29) is 37.2 Å². The topological polar surface area (TPSA) is 61.5 Å². The van der Waals surface area contributed by atoms with E-state index in [1.54, 1.807) is 13.0 Å². The molecule has 186 valence electrons. The molecule has 1 saturated carbocycles. The molecule has 1 atom stereocenters. The Labute approximate surface area is 209 Å². The molecule has 0 radical (unpaired) electrons. The number of allylic oxidation sites excluding steroid dienone is 1. The number of hydrogen-bond donors (Lipinski definition) is 1. The van der Waals surface area contributed by atoms with Crippen LogP contribution in [-0.4, -0.2) is 19.2 Å². The summed E-state index contributed by atoms with van der Waals surface area (Å²) in [6.07, 6.45) is 5.51. The normalized spacial score (nSPS) is 13.7. The minimum atomic E-state index is -0.773. The fourth-order valence-corrected chi connectivity index (χ4v) is 4.28. The van der Waals surface area contributed by atoms with E-state index in [0.29, 0.717) is 17.7 Å². The van der Waals surface area contributed by atoms with Gasteiger partial charge in [-0.1, -0.05) is 12.1 Å². The van der Waals surface area contributed by atoms with E-state index in [1.165, 1.54) is 0 Å². The van der Waals surface area contributed by atoms with Gasteiger partial charge >= 0.3 is 5.97 Å². The molecule has 0 aliphatic heterocycles. The lowest BCUT2D eigenvalue weighted by atomic mass is 9.89. The summed E-state index contributed by atoms with van der Waals surface area (Å²) in [4.78, 5) is 12.0. The fraction of sp³-hybridized carbons (Fsp3) is 0.464. The van der Waals surface area contributed by atoms with Crippen molar-refractivity contribution in [1.82, 2.24) is 0 Å². The average molecular weight is 490 g/mol. The van der Waals surface area contributed by atoms with Crippen molar-refractivity contribution in [2.24, 2.45) is 5.73 Å². The second kappa shape index (κ2) is 12.4. The summed E-state index contributed by atoms with van der Waals surface area (Å²) in [6, 6.07) is 5.10. The Kier molecular flexibility index (Phi) is 10.1. The van der Waals surface area contributed by atoms with E-state index >= 15 is 4.39 Å². The van der Waals surface area contributed by atoms with Gasteiger partial charge in [0.15, 0.2) is 0 Å². The molecule has 1 aliphatic carbocycles. The van der Waals surface area contributed by atoms with Crippen LogP contribution in [0.4, 0.5) is 4.39 Å². The van der Waals surface area contributed by atoms with Crippen molar-refractivity contribution in [2.75, 3.05) is 13.2 Å². The molecule has 0 aromatic heterocycles. The van der Waals surface area contributed by atoms with Crippen molar-refractivity contribution < 1.29 is 18.7 Å².